The summed E-state index contributed by atoms with van der Waals surface area (Å²) in [4.78, 5) is 0. The highest BCUT2D eigenvalue weighted by molar-refractivity contribution is 5.89. The van der Waals surface area contributed by atoms with E-state index in [2.05, 4.69) is 37.5 Å². The molecule has 0 fully saturated rings. The summed E-state index contributed by atoms with van der Waals surface area (Å²) in [6.45, 7) is 7.75. The lowest BCUT2D eigenvalue weighted by Gasteiger charge is -2.18. The predicted molar refractivity (Wildman–Crippen MR) is 77.1 cm³/mol. The molecule has 2 N–H and O–H groups in total. The Labute approximate surface area is 109 Å². The second-order valence-electron chi connectivity index (χ2n) is 5.80. The van der Waals surface area contributed by atoms with Gasteiger partial charge >= 0.3 is 0 Å². The van der Waals surface area contributed by atoms with Gasteiger partial charge in [-0.25, -0.2) is 0 Å². The van der Waals surface area contributed by atoms with Crippen molar-refractivity contribution in [1.82, 2.24) is 4.57 Å². The normalized spacial score (nSPS) is 16.2. The highest BCUT2D eigenvalue weighted by Crippen LogP contribution is 2.33. The number of benzene rings is 1. The molecule has 3 rings (SSSR count). The fourth-order valence-corrected chi connectivity index (χ4v) is 3.32. The van der Waals surface area contributed by atoms with E-state index in [1.54, 1.807) is 0 Å². The molecule has 1 aromatic heterocycles. The molecular weight excluding hydrogens is 220 g/mol. The van der Waals surface area contributed by atoms with Gasteiger partial charge in [-0.2, -0.15) is 0 Å². The Morgan fingerprint density at radius 1 is 1.33 bits per heavy atom. The molecule has 0 saturated heterocycles. The van der Waals surface area contributed by atoms with E-state index < -0.39 is 0 Å². The lowest BCUT2D eigenvalue weighted by atomic mass is 9.96. The molecule has 2 aromatic rings. The molecule has 0 spiro atoms. The van der Waals surface area contributed by atoms with Crippen LogP contribution in [-0.4, -0.2) is 10.6 Å². The minimum Gasteiger partial charge on any atom is -0.344 e. The summed E-state index contributed by atoms with van der Waals surface area (Å²) in [6.07, 6.45) is 3.46. The zero-order valence-electron chi connectivity index (χ0n) is 11.6. The van der Waals surface area contributed by atoms with Gasteiger partial charge in [-0.05, 0) is 62.8 Å². The summed E-state index contributed by atoms with van der Waals surface area (Å²) in [6, 6.07) is 4.97. The fraction of sp³-hybridized carbons (Fsp3) is 0.500. The van der Waals surface area contributed by atoms with Crippen LogP contribution in [0.25, 0.3) is 10.9 Å². The smallest absolute Gasteiger partial charge is 0.0517 e. The summed E-state index contributed by atoms with van der Waals surface area (Å²) in [5, 5.41) is 1.44. The van der Waals surface area contributed by atoms with Crippen LogP contribution < -0.4 is 5.73 Å². The molecule has 0 aliphatic carbocycles. The average Bonchev–Trinajstić information content (AvgIpc) is 2.56. The number of aromatic nitrogens is 1. The summed E-state index contributed by atoms with van der Waals surface area (Å²) in [7, 11) is 0. The topological polar surface area (TPSA) is 30.9 Å². The van der Waals surface area contributed by atoms with Crippen LogP contribution >= 0.6 is 0 Å². The van der Waals surface area contributed by atoms with Gasteiger partial charge in [0.15, 0.2) is 0 Å². The summed E-state index contributed by atoms with van der Waals surface area (Å²) < 4.78 is 2.50. The van der Waals surface area contributed by atoms with E-state index in [9.17, 15) is 0 Å². The van der Waals surface area contributed by atoms with Crippen molar-refractivity contribution in [3.05, 3.63) is 34.5 Å². The second kappa shape index (κ2) is 4.13. The standard InChI is InChI=1S/C16H22N2/c1-10(17)7-13-8-14-5-4-6-18-12(3)11(2)15(9-13)16(14)18/h8-10H,4-7,17H2,1-3H3. The van der Waals surface area contributed by atoms with Gasteiger partial charge in [0.1, 0.15) is 0 Å². The third-order valence-electron chi connectivity index (χ3n) is 4.26. The summed E-state index contributed by atoms with van der Waals surface area (Å²) >= 11 is 0. The molecule has 1 aliphatic heterocycles. The Balaban J connectivity index is 2.26. The van der Waals surface area contributed by atoms with Gasteiger partial charge < -0.3 is 10.3 Å². The van der Waals surface area contributed by atoms with Crippen LogP contribution in [0.1, 0.15) is 35.7 Å². The number of aryl methyl sites for hydroxylation is 3. The average molecular weight is 242 g/mol. The number of nitrogens with two attached hydrogens (primary N) is 1. The maximum Gasteiger partial charge on any atom is 0.0517 e. The molecule has 96 valence electrons. The maximum absolute atomic E-state index is 5.94. The maximum atomic E-state index is 5.94. The zero-order chi connectivity index (χ0) is 12.9. The van der Waals surface area contributed by atoms with Crippen LogP contribution in [0.5, 0.6) is 0 Å². The lowest BCUT2D eigenvalue weighted by molar-refractivity contribution is 0.621. The SMILES string of the molecule is Cc1c(C)n2c3c(cc(CC(C)N)cc13)CCC2. The van der Waals surface area contributed by atoms with Gasteiger partial charge in [-0.3, -0.25) is 0 Å². The monoisotopic (exact) mass is 242 g/mol. The van der Waals surface area contributed by atoms with E-state index in [0.717, 1.165) is 6.42 Å². The molecule has 1 unspecified atom stereocenters. The van der Waals surface area contributed by atoms with Gasteiger partial charge in [0, 0.05) is 23.7 Å². The van der Waals surface area contributed by atoms with Gasteiger partial charge in [-0.15, -0.1) is 0 Å². The van der Waals surface area contributed by atoms with Crippen molar-refractivity contribution in [1.29, 1.82) is 0 Å². The van der Waals surface area contributed by atoms with Crippen LogP contribution in [0, 0.1) is 13.8 Å². The Hall–Kier alpha value is -1.28. The quantitative estimate of drug-likeness (QED) is 0.862. The van der Waals surface area contributed by atoms with Crippen molar-refractivity contribution >= 4 is 10.9 Å². The van der Waals surface area contributed by atoms with Crippen molar-refractivity contribution in [2.75, 3.05) is 0 Å². The first-order valence-corrected chi connectivity index (χ1v) is 6.94. The first-order valence-electron chi connectivity index (χ1n) is 6.94. The van der Waals surface area contributed by atoms with Crippen molar-refractivity contribution in [2.24, 2.45) is 5.73 Å². The fourth-order valence-electron chi connectivity index (χ4n) is 3.32. The highest BCUT2D eigenvalue weighted by Gasteiger charge is 2.18. The molecule has 0 saturated carbocycles. The van der Waals surface area contributed by atoms with E-state index in [1.165, 1.54) is 52.7 Å². The molecular formula is C16H22N2. The van der Waals surface area contributed by atoms with Crippen LogP contribution in [0.4, 0.5) is 0 Å². The van der Waals surface area contributed by atoms with Gasteiger partial charge in [-0.1, -0.05) is 6.07 Å². The second-order valence-corrected chi connectivity index (χ2v) is 5.80. The Kier molecular flexibility index (Phi) is 2.70. The molecule has 0 radical (unpaired) electrons. The Morgan fingerprint density at radius 3 is 2.83 bits per heavy atom. The Bertz CT molecular complexity index is 605. The number of nitrogens with zero attached hydrogens (tertiary/aromatic N) is 1. The van der Waals surface area contributed by atoms with Crippen LogP contribution in [0.15, 0.2) is 12.1 Å². The van der Waals surface area contributed by atoms with E-state index in [0.29, 0.717) is 0 Å². The first-order chi connectivity index (χ1) is 8.58. The first kappa shape index (κ1) is 11.8. The molecule has 1 aliphatic rings. The van der Waals surface area contributed by atoms with Crippen molar-refractivity contribution in [3.63, 3.8) is 0 Å². The molecule has 18 heavy (non-hydrogen) atoms. The van der Waals surface area contributed by atoms with Gasteiger partial charge in [0.25, 0.3) is 0 Å². The highest BCUT2D eigenvalue weighted by atomic mass is 15.0. The molecule has 1 aromatic carbocycles. The Morgan fingerprint density at radius 2 is 2.11 bits per heavy atom. The van der Waals surface area contributed by atoms with E-state index in [-0.39, 0.29) is 6.04 Å². The predicted octanol–water partition coefficient (Wildman–Crippen LogP) is 3.09. The third-order valence-corrected chi connectivity index (χ3v) is 4.26. The van der Waals surface area contributed by atoms with Crippen molar-refractivity contribution in [3.8, 4) is 0 Å². The molecule has 2 heteroatoms. The van der Waals surface area contributed by atoms with Crippen molar-refractivity contribution < 1.29 is 0 Å². The zero-order valence-corrected chi connectivity index (χ0v) is 11.6. The lowest BCUT2D eigenvalue weighted by Crippen LogP contribution is -2.18. The van der Waals surface area contributed by atoms with Crippen LogP contribution in [0.2, 0.25) is 0 Å². The van der Waals surface area contributed by atoms with E-state index >= 15 is 0 Å². The summed E-state index contributed by atoms with van der Waals surface area (Å²) in [5.41, 5.74) is 13.2. The minimum atomic E-state index is 0.238. The molecule has 2 nitrogen and oxygen atoms in total. The van der Waals surface area contributed by atoms with Gasteiger partial charge in [0.05, 0.1) is 5.52 Å². The van der Waals surface area contributed by atoms with Gasteiger partial charge in [0.2, 0.25) is 0 Å². The van der Waals surface area contributed by atoms with E-state index in [4.69, 9.17) is 5.73 Å². The van der Waals surface area contributed by atoms with E-state index in [1.807, 2.05) is 0 Å². The third kappa shape index (κ3) is 1.67. The largest absolute Gasteiger partial charge is 0.344 e. The van der Waals surface area contributed by atoms with Crippen LogP contribution in [-0.2, 0) is 19.4 Å². The molecule has 0 bridgehead atoms. The van der Waals surface area contributed by atoms with Crippen LogP contribution in [0.3, 0.4) is 0 Å². The number of rotatable bonds is 2. The molecule has 0 amide bonds. The van der Waals surface area contributed by atoms with Crippen molar-refractivity contribution in [2.45, 2.75) is 52.6 Å². The molecule has 2 heterocycles. The number of hydrogen-bond acceptors (Lipinski definition) is 1. The minimum absolute atomic E-state index is 0.238. The number of hydrogen-bond donors (Lipinski definition) is 1. The summed E-state index contributed by atoms with van der Waals surface area (Å²) in [5.74, 6) is 0. The molecule has 1 atom stereocenters.